The summed E-state index contributed by atoms with van der Waals surface area (Å²) in [5.41, 5.74) is 11.3. The fourth-order valence-electron chi connectivity index (χ4n) is 1.89. The zero-order valence-electron chi connectivity index (χ0n) is 10.4. The maximum absolute atomic E-state index is 6.23. The summed E-state index contributed by atoms with van der Waals surface area (Å²) in [4.78, 5) is 4.01. The lowest BCUT2D eigenvalue weighted by Gasteiger charge is -2.13. The Kier molecular flexibility index (Phi) is 3.55. The van der Waals surface area contributed by atoms with Crippen LogP contribution in [-0.2, 0) is 6.42 Å². The number of rotatable bonds is 3. The van der Waals surface area contributed by atoms with Crippen molar-refractivity contribution in [3.05, 3.63) is 65.0 Å². The molecule has 17 heavy (non-hydrogen) atoms. The minimum absolute atomic E-state index is 0.0525. The third-order valence-corrected chi connectivity index (χ3v) is 3.16. The molecular weight excluding hydrogens is 208 g/mol. The van der Waals surface area contributed by atoms with Gasteiger partial charge >= 0.3 is 0 Å². The lowest BCUT2D eigenvalue weighted by molar-refractivity contribution is 0.720. The van der Waals surface area contributed by atoms with Gasteiger partial charge < -0.3 is 5.73 Å². The first-order chi connectivity index (χ1) is 8.16. The minimum atomic E-state index is 0.0525. The van der Waals surface area contributed by atoms with Gasteiger partial charge in [-0.25, -0.2) is 0 Å². The molecule has 1 aromatic carbocycles. The zero-order valence-corrected chi connectivity index (χ0v) is 10.4. The monoisotopic (exact) mass is 226 g/mol. The first-order valence-electron chi connectivity index (χ1n) is 5.88. The fraction of sp³-hybridized carbons (Fsp3) is 0.267. The number of benzene rings is 1. The molecule has 0 fully saturated rings. The Morgan fingerprint density at radius 2 is 1.76 bits per heavy atom. The summed E-state index contributed by atoms with van der Waals surface area (Å²) in [7, 11) is 0. The largest absolute Gasteiger partial charge is 0.324 e. The number of pyridine rings is 1. The van der Waals surface area contributed by atoms with Crippen molar-refractivity contribution in [2.45, 2.75) is 26.3 Å². The Labute approximate surface area is 103 Å². The number of nitrogens with zero attached hydrogens (tertiary/aromatic N) is 1. The molecule has 0 aliphatic rings. The van der Waals surface area contributed by atoms with E-state index < -0.39 is 0 Å². The van der Waals surface area contributed by atoms with Crippen LogP contribution in [0.25, 0.3) is 0 Å². The van der Waals surface area contributed by atoms with Crippen LogP contribution in [0.4, 0.5) is 0 Å². The fourth-order valence-corrected chi connectivity index (χ4v) is 1.89. The van der Waals surface area contributed by atoms with E-state index in [9.17, 15) is 0 Å². The molecule has 2 aromatic rings. The van der Waals surface area contributed by atoms with Crippen LogP contribution in [-0.4, -0.2) is 4.98 Å². The van der Waals surface area contributed by atoms with E-state index in [1.54, 1.807) is 0 Å². The summed E-state index contributed by atoms with van der Waals surface area (Å²) in [5, 5.41) is 0. The highest BCUT2D eigenvalue weighted by molar-refractivity contribution is 5.32. The van der Waals surface area contributed by atoms with Gasteiger partial charge in [-0.1, -0.05) is 18.2 Å². The van der Waals surface area contributed by atoms with Crippen molar-refractivity contribution in [2.24, 2.45) is 5.73 Å². The second-order valence-electron chi connectivity index (χ2n) is 4.51. The van der Waals surface area contributed by atoms with E-state index in [4.69, 9.17) is 5.73 Å². The molecule has 2 nitrogen and oxygen atoms in total. The van der Waals surface area contributed by atoms with Crippen LogP contribution in [0.2, 0.25) is 0 Å². The van der Waals surface area contributed by atoms with Crippen LogP contribution in [0.15, 0.2) is 42.7 Å². The first-order valence-corrected chi connectivity index (χ1v) is 5.88. The van der Waals surface area contributed by atoms with Crippen molar-refractivity contribution in [1.29, 1.82) is 0 Å². The van der Waals surface area contributed by atoms with Gasteiger partial charge in [0.05, 0.1) is 0 Å². The van der Waals surface area contributed by atoms with Crippen molar-refractivity contribution >= 4 is 0 Å². The molecule has 0 aliphatic heterocycles. The molecule has 0 bridgehead atoms. The van der Waals surface area contributed by atoms with Crippen LogP contribution < -0.4 is 5.73 Å². The normalized spacial score (nSPS) is 12.4. The van der Waals surface area contributed by atoms with Gasteiger partial charge in [0.1, 0.15) is 0 Å². The lowest BCUT2D eigenvalue weighted by Crippen LogP contribution is -2.13. The zero-order chi connectivity index (χ0) is 12.3. The number of nitrogens with two attached hydrogens (primary N) is 1. The highest BCUT2D eigenvalue weighted by Crippen LogP contribution is 2.18. The van der Waals surface area contributed by atoms with Gasteiger partial charge in [0, 0.05) is 18.4 Å². The molecule has 0 radical (unpaired) electrons. The quantitative estimate of drug-likeness (QED) is 0.874. The summed E-state index contributed by atoms with van der Waals surface area (Å²) in [6.07, 6.45) is 4.47. The van der Waals surface area contributed by atoms with Crippen LogP contribution in [0, 0.1) is 13.8 Å². The van der Waals surface area contributed by atoms with Gasteiger partial charge in [0.2, 0.25) is 0 Å². The molecule has 0 amide bonds. The van der Waals surface area contributed by atoms with Crippen LogP contribution in [0.5, 0.6) is 0 Å². The summed E-state index contributed by atoms with van der Waals surface area (Å²) in [6, 6.07) is 10.5. The average molecular weight is 226 g/mol. The molecule has 0 saturated heterocycles. The molecule has 2 heteroatoms. The number of aryl methyl sites for hydroxylation is 2. The van der Waals surface area contributed by atoms with Crippen molar-refractivity contribution < 1.29 is 0 Å². The number of hydrogen-bond acceptors (Lipinski definition) is 2. The smallest absolute Gasteiger partial charge is 0.0335 e. The standard InChI is InChI=1S/C15H18N2/c1-11-3-4-14(9-12(11)2)15(16)10-13-5-7-17-8-6-13/h3-9,15H,10,16H2,1-2H3. The summed E-state index contributed by atoms with van der Waals surface area (Å²) < 4.78 is 0. The minimum Gasteiger partial charge on any atom is -0.324 e. The van der Waals surface area contributed by atoms with Crippen LogP contribution in [0.1, 0.15) is 28.3 Å². The van der Waals surface area contributed by atoms with Crippen LogP contribution in [0.3, 0.4) is 0 Å². The predicted octanol–water partition coefficient (Wildman–Crippen LogP) is 2.94. The Hall–Kier alpha value is -1.67. The maximum atomic E-state index is 6.23. The molecule has 88 valence electrons. The highest BCUT2D eigenvalue weighted by atomic mass is 14.6. The SMILES string of the molecule is Cc1ccc(C(N)Cc2ccncc2)cc1C. The second-order valence-corrected chi connectivity index (χ2v) is 4.51. The van der Waals surface area contributed by atoms with E-state index in [1.165, 1.54) is 22.3 Å². The maximum Gasteiger partial charge on any atom is 0.0335 e. The van der Waals surface area contributed by atoms with E-state index in [1.807, 2.05) is 24.5 Å². The molecule has 1 heterocycles. The average Bonchev–Trinajstić information content (AvgIpc) is 2.34. The van der Waals surface area contributed by atoms with E-state index >= 15 is 0 Å². The van der Waals surface area contributed by atoms with Gasteiger partial charge in [-0.15, -0.1) is 0 Å². The first kappa shape index (κ1) is 11.8. The van der Waals surface area contributed by atoms with Crippen molar-refractivity contribution in [3.8, 4) is 0 Å². The van der Waals surface area contributed by atoms with Crippen LogP contribution >= 0.6 is 0 Å². The van der Waals surface area contributed by atoms with E-state index in [2.05, 4.69) is 37.0 Å². The Bertz CT molecular complexity index is 492. The van der Waals surface area contributed by atoms with Gasteiger partial charge in [-0.2, -0.15) is 0 Å². The lowest BCUT2D eigenvalue weighted by atomic mass is 9.97. The molecule has 1 aromatic heterocycles. The molecule has 0 saturated carbocycles. The van der Waals surface area contributed by atoms with Crippen molar-refractivity contribution in [3.63, 3.8) is 0 Å². The Morgan fingerprint density at radius 1 is 1.06 bits per heavy atom. The highest BCUT2D eigenvalue weighted by Gasteiger charge is 2.07. The van der Waals surface area contributed by atoms with Gasteiger partial charge in [-0.05, 0) is 54.7 Å². The number of aromatic nitrogens is 1. The number of hydrogen-bond donors (Lipinski definition) is 1. The summed E-state index contributed by atoms with van der Waals surface area (Å²) >= 11 is 0. The molecular formula is C15H18N2. The molecule has 2 N–H and O–H groups in total. The molecule has 2 rings (SSSR count). The Balaban J connectivity index is 2.14. The molecule has 1 atom stereocenters. The topological polar surface area (TPSA) is 38.9 Å². The summed E-state index contributed by atoms with van der Waals surface area (Å²) in [5.74, 6) is 0. The van der Waals surface area contributed by atoms with E-state index in [0.717, 1.165) is 6.42 Å². The molecule has 0 aliphatic carbocycles. The van der Waals surface area contributed by atoms with Crippen molar-refractivity contribution in [2.75, 3.05) is 0 Å². The van der Waals surface area contributed by atoms with E-state index in [0.29, 0.717) is 0 Å². The second kappa shape index (κ2) is 5.11. The van der Waals surface area contributed by atoms with Crippen molar-refractivity contribution in [1.82, 2.24) is 4.98 Å². The third-order valence-electron chi connectivity index (χ3n) is 3.16. The summed E-state index contributed by atoms with van der Waals surface area (Å²) in [6.45, 7) is 4.24. The third kappa shape index (κ3) is 2.92. The predicted molar refractivity (Wildman–Crippen MR) is 70.8 cm³/mol. The molecule has 0 spiro atoms. The van der Waals surface area contributed by atoms with Gasteiger partial charge in [0.25, 0.3) is 0 Å². The molecule has 1 unspecified atom stereocenters. The Morgan fingerprint density at radius 3 is 2.41 bits per heavy atom. The van der Waals surface area contributed by atoms with Gasteiger partial charge in [-0.3, -0.25) is 4.98 Å². The van der Waals surface area contributed by atoms with E-state index in [-0.39, 0.29) is 6.04 Å². The van der Waals surface area contributed by atoms with Gasteiger partial charge in [0.15, 0.2) is 0 Å².